The molecule has 0 fully saturated rings. The Morgan fingerprint density at radius 1 is 1.29 bits per heavy atom. The minimum absolute atomic E-state index is 0.275. The van der Waals surface area contributed by atoms with Crippen molar-refractivity contribution < 1.29 is 32.6 Å². The molecule has 7 heteroatoms. The summed E-state index contributed by atoms with van der Waals surface area (Å²) in [7, 11) is 0. The second-order valence-corrected chi connectivity index (χ2v) is 3.38. The first-order chi connectivity index (χ1) is 7.70. The van der Waals surface area contributed by atoms with Gasteiger partial charge in [0.2, 0.25) is 0 Å². The van der Waals surface area contributed by atoms with Crippen LogP contribution >= 0.6 is 0 Å². The van der Waals surface area contributed by atoms with Gasteiger partial charge >= 0.3 is 12.1 Å². The molecule has 0 aromatic heterocycles. The lowest BCUT2D eigenvalue weighted by atomic mass is 10.0. The summed E-state index contributed by atoms with van der Waals surface area (Å²) in [6.07, 6.45) is -7.22. The van der Waals surface area contributed by atoms with Crippen LogP contribution in [0.3, 0.4) is 0 Å². The molecule has 0 saturated heterocycles. The maximum Gasteiger partial charge on any atom is 0.416 e. The smallest absolute Gasteiger partial charge is 0.416 e. The molecule has 1 atom stereocenters. The molecule has 1 aromatic rings. The number of hydrogen-bond donors (Lipinski definition) is 2. The predicted octanol–water partition coefficient (Wildman–Crippen LogP) is 2.35. The van der Waals surface area contributed by atoms with Gasteiger partial charge in [-0.3, -0.25) is 4.79 Å². The van der Waals surface area contributed by atoms with E-state index in [0.29, 0.717) is 12.1 Å². The topological polar surface area (TPSA) is 57.5 Å². The monoisotopic (exact) mass is 252 g/mol. The van der Waals surface area contributed by atoms with E-state index < -0.39 is 41.6 Å². The van der Waals surface area contributed by atoms with Crippen LogP contribution in [0, 0.1) is 5.82 Å². The summed E-state index contributed by atoms with van der Waals surface area (Å²) in [6, 6.07) is 1.47. The number of alkyl halides is 3. The van der Waals surface area contributed by atoms with E-state index in [1.54, 1.807) is 0 Å². The number of aliphatic carboxylic acids is 1. The zero-order chi connectivity index (χ0) is 13.2. The van der Waals surface area contributed by atoms with Crippen molar-refractivity contribution in [3.63, 3.8) is 0 Å². The van der Waals surface area contributed by atoms with Gasteiger partial charge < -0.3 is 10.2 Å². The second kappa shape index (κ2) is 4.70. The average molecular weight is 252 g/mol. The minimum Gasteiger partial charge on any atom is -0.481 e. The minimum atomic E-state index is -4.75. The molecule has 0 heterocycles. The average Bonchev–Trinajstić information content (AvgIpc) is 2.14. The summed E-state index contributed by atoms with van der Waals surface area (Å²) >= 11 is 0. The summed E-state index contributed by atoms with van der Waals surface area (Å²) in [5.74, 6) is -2.57. The van der Waals surface area contributed by atoms with Crippen molar-refractivity contribution in [3.8, 4) is 0 Å². The molecular formula is C10H8F4O3. The number of benzene rings is 1. The zero-order valence-electron chi connectivity index (χ0n) is 8.33. The highest BCUT2D eigenvalue weighted by Gasteiger charge is 2.32. The molecule has 0 unspecified atom stereocenters. The first-order valence-electron chi connectivity index (χ1n) is 4.47. The third-order valence-corrected chi connectivity index (χ3v) is 2.00. The summed E-state index contributed by atoms with van der Waals surface area (Å²) in [5.41, 5.74) is -1.68. The van der Waals surface area contributed by atoms with Crippen molar-refractivity contribution >= 4 is 5.97 Å². The van der Waals surface area contributed by atoms with Gasteiger partial charge in [-0.15, -0.1) is 0 Å². The van der Waals surface area contributed by atoms with Crippen molar-refractivity contribution in [3.05, 3.63) is 35.1 Å². The van der Waals surface area contributed by atoms with Gasteiger partial charge in [0.15, 0.2) is 0 Å². The van der Waals surface area contributed by atoms with Gasteiger partial charge in [-0.1, -0.05) is 0 Å². The Bertz CT molecular complexity index is 428. The number of hydrogen-bond acceptors (Lipinski definition) is 2. The molecule has 1 aromatic carbocycles. The first-order valence-corrected chi connectivity index (χ1v) is 4.47. The summed E-state index contributed by atoms with van der Waals surface area (Å²) < 4.78 is 49.8. The molecule has 0 aliphatic carbocycles. The maximum absolute atomic E-state index is 12.9. The number of aliphatic hydroxyl groups is 1. The van der Waals surface area contributed by atoms with E-state index in [4.69, 9.17) is 5.11 Å². The molecule has 0 radical (unpaired) electrons. The molecular weight excluding hydrogens is 244 g/mol. The Kier molecular flexibility index (Phi) is 3.72. The van der Waals surface area contributed by atoms with Crippen LogP contribution in [0.5, 0.6) is 0 Å². The number of aliphatic hydroxyl groups excluding tert-OH is 1. The van der Waals surface area contributed by atoms with Crippen LogP contribution in [0.25, 0.3) is 0 Å². The van der Waals surface area contributed by atoms with Crippen LogP contribution in [-0.2, 0) is 11.0 Å². The molecule has 17 heavy (non-hydrogen) atoms. The van der Waals surface area contributed by atoms with Crippen molar-refractivity contribution in [1.29, 1.82) is 0 Å². The van der Waals surface area contributed by atoms with Crippen molar-refractivity contribution in [2.45, 2.75) is 18.7 Å². The highest BCUT2D eigenvalue weighted by molar-refractivity contribution is 5.67. The van der Waals surface area contributed by atoms with Crippen LogP contribution in [0.4, 0.5) is 17.6 Å². The Labute approximate surface area is 93.3 Å². The number of carboxylic acid groups (broad SMARTS) is 1. The third-order valence-electron chi connectivity index (χ3n) is 2.00. The molecule has 0 aliphatic rings. The van der Waals surface area contributed by atoms with Crippen LogP contribution in [-0.4, -0.2) is 16.2 Å². The van der Waals surface area contributed by atoms with Gasteiger partial charge in [0.05, 0.1) is 18.1 Å². The Hall–Kier alpha value is -1.63. The molecule has 0 saturated carbocycles. The standard InChI is InChI=1S/C10H8F4O3/c11-7-2-5(8(15)4-9(16)17)1-6(3-7)10(12,13)14/h1-3,8,15H,4H2,(H,16,17)/t8-/m1/s1. The Balaban J connectivity index is 3.09. The molecule has 3 nitrogen and oxygen atoms in total. The van der Waals surface area contributed by atoms with Crippen LogP contribution in [0.2, 0.25) is 0 Å². The maximum atomic E-state index is 12.9. The summed E-state index contributed by atoms with van der Waals surface area (Å²) in [6.45, 7) is 0. The van der Waals surface area contributed by atoms with Gasteiger partial charge in [0.1, 0.15) is 5.82 Å². The fourth-order valence-electron chi connectivity index (χ4n) is 1.25. The lowest BCUT2D eigenvalue weighted by Crippen LogP contribution is -2.10. The van der Waals surface area contributed by atoms with E-state index in [0.717, 1.165) is 0 Å². The zero-order valence-corrected chi connectivity index (χ0v) is 8.33. The van der Waals surface area contributed by atoms with E-state index in [2.05, 4.69) is 0 Å². The fraction of sp³-hybridized carbons (Fsp3) is 0.300. The molecule has 2 N–H and O–H groups in total. The van der Waals surface area contributed by atoms with Gasteiger partial charge in [-0.25, -0.2) is 4.39 Å². The molecule has 94 valence electrons. The third kappa shape index (κ3) is 3.70. The molecule has 0 amide bonds. The van der Waals surface area contributed by atoms with Crippen LogP contribution in [0.1, 0.15) is 23.7 Å². The highest BCUT2D eigenvalue weighted by atomic mass is 19.4. The first kappa shape index (κ1) is 13.4. The van der Waals surface area contributed by atoms with Gasteiger partial charge in [-0.2, -0.15) is 13.2 Å². The van der Waals surface area contributed by atoms with E-state index in [1.807, 2.05) is 0 Å². The molecule has 0 bridgehead atoms. The Morgan fingerprint density at radius 3 is 2.35 bits per heavy atom. The number of carbonyl (C=O) groups is 1. The summed E-state index contributed by atoms with van der Waals surface area (Å²) in [5, 5.41) is 17.7. The van der Waals surface area contributed by atoms with Crippen molar-refractivity contribution in [2.75, 3.05) is 0 Å². The van der Waals surface area contributed by atoms with Gasteiger partial charge in [-0.05, 0) is 23.8 Å². The lowest BCUT2D eigenvalue weighted by molar-refractivity contribution is -0.139. The quantitative estimate of drug-likeness (QED) is 0.812. The lowest BCUT2D eigenvalue weighted by Gasteiger charge is -2.12. The normalized spacial score (nSPS) is 13.5. The van der Waals surface area contributed by atoms with Gasteiger partial charge in [0, 0.05) is 0 Å². The largest absolute Gasteiger partial charge is 0.481 e. The highest BCUT2D eigenvalue weighted by Crippen LogP contribution is 2.32. The van der Waals surface area contributed by atoms with E-state index >= 15 is 0 Å². The van der Waals surface area contributed by atoms with E-state index in [1.165, 1.54) is 0 Å². The SMILES string of the molecule is O=C(O)C[C@@H](O)c1cc(F)cc(C(F)(F)F)c1. The molecule has 1 rings (SSSR count). The van der Waals surface area contributed by atoms with Crippen LogP contribution in [0.15, 0.2) is 18.2 Å². The Morgan fingerprint density at radius 2 is 1.88 bits per heavy atom. The van der Waals surface area contributed by atoms with Gasteiger partial charge in [0.25, 0.3) is 0 Å². The summed E-state index contributed by atoms with van der Waals surface area (Å²) in [4.78, 5) is 10.3. The number of carboxylic acids is 1. The second-order valence-electron chi connectivity index (χ2n) is 3.38. The molecule has 0 spiro atoms. The predicted molar refractivity (Wildman–Crippen MR) is 48.6 cm³/mol. The number of halogens is 4. The van der Waals surface area contributed by atoms with E-state index in [9.17, 15) is 27.5 Å². The fourth-order valence-corrected chi connectivity index (χ4v) is 1.25. The molecule has 0 aliphatic heterocycles. The number of rotatable bonds is 3. The van der Waals surface area contributed by atoms with E-state index in [-0.39, 0.29) is 6.07 Å². The van der Waals surface area contributed by atoms with Crippen molar-refractivity contribution in [1.82, 2.24) is 0 Å². The van der Waals surface area contributed by atoms with Crippen LogP contribution < -0.4 is 0 Å². The van der Waals surface area contributed by atoms with Crippen molar-refractivity contribution in [2.24, 2.45) is 0 Å².